The third-order valence-corrected chi connectivity index (χ3v) is 16.3. The summed E-state index contributed by atoms with van der Waals surface area (Å²) in [5.74, 6) is 1.85. The zero-order valence-corrected chi connectivity index (χ0v) is 24.9. The second kappa shape index (κ2) is 6.67. The van der Waals surface area contributed by atoms with Crippen molar-refractivity contribution in [2.75, 3.05) is 0 Å². The van der Waals surface area contributed by atoms with Crippen molar-refractivity contribution in [2.24, 2.45) is 0 Å². The summed E-state index contributed by atoms with van der Waals surface area (Å²) in [6.45, 7) is 0. The van der Waals surface area contributed by atoms with Gasteiger partial charge >= 0.3 is 11.3 Å². The van der Waals surface area contributed by atoms with E-state index in [9.17, 15) is 0 Å². The molecule has 5 aromatic carbocycles. The summed E-state index contributed by atoms with van der Waals surface area (Å²) < 4.78 is 16.8. The number of ether oxygens (including phenoxy) is 1. The Kier molecular flexibility index (Phi) is 3.25. The molecule has 0 bridgehead atoms. The van der Waals surface area contributed by atoms with E-state index in [-0.39, 0.29) is 0 Å². The molecule has 206 valence electrons. The minimum absolute atomic E-state index is 0.636. The maximum atomic E-state index is 6.94. The molecule has 0 radical (unpaired) electrons. The van der Waals surface area contributed by atoms with Crippen molar-refractivity contribution in [1.29, 1.82) is 0 Å². The number of rotatable bonds is 0. The second-order valence-corrected chi connectivity index (χ2v) is 16.6. The van der Waals surface area contributed by atoms with Gasteiger partial charge in [-0.05, 0) is 57.9 Å². The van der Waals surface area contributed by atoms with Crippen molar-refractivity contribution in [3.63, 3.8) is 0 Å². The summed E-state index contributed by atoms with van der Waals surface area (Å²) in [5, 5.41) is 8.49. The second-order valence-electron chi connectivity index (χ2n) is 12.9. The minimum Gasteiger partial charge on any atom is -0.456 e. The normalized spacial score (nSPS) is 18.7. The Hall–Kier alpha value is -5.72. The van der Waals surface area contributed by atoms with Crippen LogP contribution in [0.15, 0.2) is 134 Å². The monoisotopic (exact) mass is 590 g/mol. The fourth-order valence-corrected chi connectivity index (χ4v) is 15.6. The van der Waals surface area contributed by atoms with Crippen LogP contribution in [0.5, 0.6) is 11.5 Å². The maximum Gasteiger partial charge on any atom is 0.397 e. The van der Waals surface area contributed by atoms with Crippen molar-refractivity contribution in [3.05, 3.63) is 145 Å². The summed E-state index contributed by atoms with van der Waals surface area (Å²) in [6, 6.07) is 43.4. The minimum atomic E-state index is -2.74. The molecule has 8 heterocycles. The molecule has 0 N–H and O–H groups in total. The lowest BCUT2D eigenvalue weighted by atomic mass is 9.84. The predicted molar refractivity (Wildman–Crippen MR) is 175 cm³/mol. The lowest BCUT2D eigenvalue weighted by Gasteiger charge is -2.39. The predicted octanol–water partition coefficient (Wildman–Crippen LogP) is 3.85. The van der Waals surface area contributed by atoms with E-state index in [1.165, 1.54) is 70.6 Å². The molecule has 1 atom stereocenters. The number of pyridine rings is 1. The molecular weight excluding hydrogens is 569 g/mol. The number of hydrogen-bond acceptors (Lipinski definition) is 1. The van der Waals surface area contributed by atoms with Crippen LogP contribution in [0.2, 0.25) is 0 Å². The molecule has 2 spiro atoms. The third-order valence-electron chi connectivity index (χ3n) is 11.4. The van der Waals surface area contributed by atoms with Crippen molar-refractivity contribution in [2.45, 2.75) is 5.66 Å². The molecule has 0 fully saturated rings. The highest BCUT2D eigenvalue weighted by atomic mass is 28.3. The van der Waals surface area contributed by atoms with Crippen molar-refractivity contribution in [3.8, 4) is 34.0 Å². The smallest absolute Gasteiger partial charge is 0.397 e. The number of benzene rings is 5. The zero-order chi connectivity index (χ0) is 28.8. The Labute approximate surface area is 258 Å². The molecule has 6 heteroatoms. The van der Waals surface area contributed by atoms with Gasteiger partial charge in [-0.15, -0.1) is 4.68 Å². The van der Waals surface area contributed by atoms with Crippen LogP contribution in [0.3, 0.4) is 0 Å². The first-order valence-corrected chi connectivity index (χ1v) is 17.6. The summed E-state index contributed by atoms with van der Waals surface area (Å²) in [6.07, 6.45) is 6.71. The number of aromatic nitrogens is 4. The van der Waals surface area contributed by atoms with E-state index in [1.807, 2.05) is 0 Å². The molecular formula is C39H22N4OSi+2. The van der Waals surface area contributed by atoms with Crippen LogP contribution >= 0.6 is 0 Å². The van der Waals surface area contributed by atoms with E-state index in [0.29, 0.717) is 0 Å². The van der Waals surface area contributed by atoms with Gasteiger partial charge in [-0.2, -0.15) is 9.13 Å². The first-order chi connectivity index (χ1) is 22.3. The zero-order valence-electron chi connectivity index (χ0n) is 23.9. The van der Waals surface area contributed by atoms with Crippen LogP contribution in [0.1, 0.15) is 11.1 Å². The SMILES string of the molecule is c1ccc2c(c1)-c1ccccc1[Si]21c2ccc3c4c2-n2c5c1cccc5c1ccc[n+](c12)C41c2c(cccc2-n2ccc[n+]21)O3. The fraction of sp³-hybridized carbons (Fsp3) is 0.0256. The van der Waals surface area contributed by atoms with Crippen LogP contribution in [0.4, 0.5) is 0 Å². The average Bonchev–Trinajstić information content (AvgIpc) is 3.84. The molecule has 0 aliphatic carbocycles. The first kappa shape index (κ1) is 21.9. The van der Waals surface area contributed by atoms with E-state index in [0.717, 1.165) is 17.2 Å². The molecule has 5 aliphatic heterocycles. The number of para-hydroxylation sites is 1. The van der Waals surface area contributed by atoms with Gasteiger partial charge in [0.15, 0.2) is 19.3 Å². The van der Waals surface area contributed by atoms with Crippen LogP contribution in [-0.4, -0.2) is 17.3 Å². The highest BCUT2D eigenvalue weighted by Gasteiger charge is 2.70. The van der Waals surface area contributed by atoms with Gasteiger partial charge in [0.1, 0.15) is 28.3 Å². The van der Waals surface area contributed by atoms with E-state index < -0.39 is 13.7 Å². The molecule has 5 aliphatic rings. The van der Waals surface area contributed by atoms with Crippen molar-refractivity contribution < 1.29 is 14.0 Å². The molecule has 13 rings (SSSR count). The van der Waals surface area contributed by atoms with E-state index >= 15 is 0 Å². The van der Waals surface area contributed by atoms with E-state index in [4.69, 9.17) is 4.74 Å². The van der Waals surface area contributed by atoms with E-state index in [1.54, 1.807) is 0 Å². The Bertz CT molecular complexity index is 2730. The Morgan fingerprint density at radius 2 is 1.36 bits per heavy atom. The Balaban J connectivity index is 1.37. The van der Waals surface area contributed by atoms with Gasteiger partial charge in [0, 0.05) is 21.8 Å². The summed E-state index contributed by atoms with van der Waals surface area (Å²) in [5.41, 5.74) is 9.59. The van der Waals surface area contributed by atoms with Crippen LogP contribution in [-0.2, 0) is 5.66 Å². The summed E-state index contributed by atoms with van der Waals surface area (Å²) in [4.78, 5) is 0. The molecule has 0 saturated carbocycles. The lowest BCUT2D eigenvalue weighted by molar-refractivity contribution is -0.987. The molecule has 45 heavy (non-hydrogen) atoms. The highest BCUT2D eigenvalue weighted by molar-refractivity contribution is 7.23. The van der Waals surface area contributed by atoms with Crippen LogP contribution in [0, 0.1) is 0 Å². The maximum absolute atomic E-state index is 6.94. The number of hydrogen-bond donors (Lipinski definition) is 0. The molecule has 0 saturated heterocycles. The summed E-state index contributed by atoms with van der Waals surface area (Å²) in [7, 11) is -2.74. The van der Waals surface area contributed by atoms with Gasteiger partial charge < -0.3 is 4.74 Å². The first-order valence-electron chi connectivity index (χ1n) is 15.6. The van der Waals surface area contributed by atoms with Gasteiger partial charge in [0.2, 0.25) is 6.20 Å². The van der Waals surface area contributed by atoms with Crippen molar-refractivity contribution in [1.82, 2.24) is 9.25 Å². The fourth-order valence-electron chi connectivity index (χ4n) is 10.1. The molecule has 5 nitrogen and oxygen atoms in total. The van der Waals surface area contributed by atoms with Gasteiger partial charge in [-0.25, -0.2) is 0 Å². The largest absolute Gasteiger partial charge is 0.456 e. The average molecular weight is 591 g/mol. The summed E-state index contributed by atoms with van der Waals surface area (Å²) >= 11 is 0. The van der Waals surface area contributed by atoms with Crippen molar-refractivity contribution >= 4 is 50.8 Å². The van der Waals surface area contributed by atoms with Gasteiger partial charge in [-0.1, -0.05) is 77.5 Å². The number of fused-ring (bicyclic) bond motifs is 10. The topological polar surface area (TPSA) is 26.8 Å². The standard InChI is InChI=1S/C39H22N4OSi/c1-3-15-30-23(9-1)24-10-2-4-16-31(24)45(30)32-17-5-11-25-26-12-7-20-40-38(26)43(36(25)32)37-33(45)19-18-29-35(37)39(40)34-27(13-6-14-28(34)44-29)41-21-8-22-42(39)41/h1-22H/q+2. The molecule has 3 aromatic heterocycles. The van der Waals surface area contributed by atoms with Crippen LogP contribution < -0.4 is 34.7 Å². The lowest BCUT2D eigenvalue weighted by Crippen LogP contribution is -2.79. The van der Waals surface area contributed by atoms with Gasteiger partial charge in [-0.3, -0.25) is 0 Å². The molecule has 8 aromatic rings. The molecule has 0 amide bonds. The van der Waals surface area contributed by atoms with Gasteiger partial charge in [0.05, 0.1) is 17.8 Å². The van der Waals surface area contributed by atoms with Crippen LogP contribution in [0.25, 0.3) is 44.4 Å². The Morgan fingerprint density at radius 3 is 2.22 bits per heavy atom. The quantitative estimate of drug-likeness (QED) is 0.195. The Morgan fingerprint density at radius 1 is 0.600 bits per heavy atom. The number of nitrogens with zero attached hydrogens (tertiary/aromatic N) is 4. The van der Waals surface area contributed by atoms with Gasteiger partial charge in [0.25, 0.3) is 0 Å². The third kappa shape index (κ3) is 1.94. The highest BCUT2D eigenvalue weighted by Crippen LogP contribution is 2.55. The van der Waals surface area contributed by atoms with E-state index in [2.05, 4.69) is 152 Å². The molecule has 1 unspecified atom stereocenters.